The molecule has 0 unspecified atom stereocenters. The molecule has 1 heterocycles. The molecule has 0 radical (unpaired) electrons. The third kappa shape index (κ3) is 8.29. The van der Waals surface area contributed by atoms with Gasteiger partial charge in [-0.15, -0.1) is 0 Å². The first-order valence-corrected chi connectivity index (χ1v) is 11.1. The summed E-state index contributed by atoms with van der Waals surface area (Å²) in [4.78, 5) is 29.5. The van der Waals surface area contributed by atoms with Crippen molar-refractivity contribution in [2.75, 3.05) is 26.2 Å². The summed E-state index contributed by atoms with van der Waals surface area (Å²) in [6, 6.07) is 10.8. The smallest absolute Gasteiger partial charge is 0.260 e. The minimum Gasteiger partial charge on any atom is -0.484 e. The van der Waals surface area contributed by atoms with Crippen LogP contribution in [0.5, 0.6) is 5.75 Å². The molecule has 1 aromatic heterocycles. The first-order valence-electron chi connectivity index (χ1n) is 10.7. The summed E-state index contributed by atoms with van der Waals surface area (Å²) < 4.78 is 7.63. The monoisotopic (exact) mass is 447 g/mol. The average Bonchev–Trinajstić information content (AvgIpc) is 3.10. The van der Waals surface area contributed by atoms with Gasteiger partial charge < -0.3 is 19.1 Å². The van der Waals surface area contributed by atoms with Crippen molar-refractivity contribution in [1.82, 2.24) is 14.4 Å². The Morgan fingerprint density at radius 2 is 1.58 bits per heavy atom. The van der Waals surface area contributed by atoms with Crippen LogP contribution in [-0.2, 0) is 23.2 Å². The average molecular weight is 448 g/mol. The number of halogens is 1. The van der Waals surface area contributed by atoms with Crippen LogP contribution >= 0.6 is 11.6 Å². The van der Waals surface area contributed by atoms with Gasteiger partial charge in [0, 0.05) is 37.1 Å². The summed E-state index contributed by atoms with van der Waals surface area (Å²) in [5.74, 6) is 0.861. The Morgan fingerprint density at radius 1 is 0.968 bits per heavy atom. The molecule has 2 amide bonds. The van der Waals surface area contributed by atoms with Gasteiger partial charge in [-0.05, 0) is 48.2 Å². The quantitative estimate of drug-likeness (QED) is 0.518. The van der Waals surface area contributed by atoms with Crippen molar-refractivity contribution in [3.8, 4) is 5.75 Å². The molecule has 0 bridgehead atoms. The second-order valence-corrected chi connectivity index (χ2v) is 9.13. The predicted octanol–water partition coefficient (Wildman–Crippen LogP) is 4.23. The molecule has 170 valence electrons. The lowest BCUT2D eigenvalue weighted by molar-refractivity contribution is -0.142. The molecule has 0 saturated carbocycles. The van der Waals surface area contributed by atoms with Crippen LogP contribution in [0.1, 0.15) is 33.4 Å². The largest absolute Gasteiger partial charge is 0.484 e. The highest BCUT2D eigenvalue weighted by Gasteiger charge is 2.23. The van der Waals surface area contributed by atoms with E-state index < -0.39 is 0 Å². The molecule has 31 heavy (non-hydrogen) atoms. The van der Waals surface area contributed by atoms with Crippen LogP contribution in [0.3, 0.4) is 0 Å². The molecule has 0 atom stereocenters. The Labute approximate surface area is 190 Å². The maximum absolute atomic E-state index is 13.2. The summed E-state index contributed by atoms with van der Waals surface area (Å²) in [5, 5.41) is 0.606. The fourth-order valence-corrected chi connectivity index (χ4v) is 3.40. The van der Waals surface area contributed by atoms with Crippen LogP contribution in [0, 0.1) is 11.8 Å². The molecular formula is C24H34ClN3O3. The van der Waals surface area contributed by atoms with Gasteiger partial charge >= 0.3 is 0 Å². The predicted molar refractivity (Wildman–Crippen MR) is 124 cm³/mol. The number of hydrogen-bond acceptors (Lipinski definition) is 3. The molecule has 0 fully saturated rings. The Balaban J connectivity index is 2.06. The lowest BCUT2D eigenvalue weighted by atomic mass is 10.2. The number of amides is 2. The van der Waals surface area contributed by atoms with E-state index >= 15 is 0 Å². The number of hydrogen-bond donors (Lipinski definition) is 0. The molecule has 2 aromatic rings. The highest BCUT2D eigenvalue weighted by atomic mass is 35.5. The second kappa shape index (κ2) is 11.8. The van der Waals surface area contributed by atoms with E-state index in [1.165, 1.54) is 0 Å². The zero-order valence-corrected chi connectivity index (χ0v) is 19.9. The van der Waals surface area contributed by atoms with Crippen LogP contribution < -0.4 is 4.74 Å². The fraction of sp³-hybridized carbons (Fsp3) is 0.500. The van der Waals surface area contributed by atoms with Crippen LogP contribution in [0.2, 0.25) is 5.02 Å². The van der Waals surface area contributed by atoms with Crippen molar-refractivity contribution in [1.29, 1.82) is 0 Å². The van der Waals surface area contributed by atoms with E-state index in [0.717, 1.165) is 5.69 Å². The van der Waals surface area contributed by atoms with Gasteiger partial charge in [-0.1, -0.05) is 39.3 Å². The van der Waals surface area contributed by atoms with Crippen LogP contribution in [-0.4, -0.2) is 52.4 Å². The lowest BCUT2D eigenvalue weighted by Crippen LogP contribution is -2.46. The maximum atomic E-state index is 13.2. The number of ether oxygens (including phenoxy) is 1. The van der Waals surface area contributed by atoms with Crippen molar-refractivity contribution in [3.05, 3.63) is 53.3 Å². The lowest BCUT2D eigenvalue weighted by Gasteiger charge is -2.30. The summed E-state index contributed by atoms with van der Waals surface area (Å²) in [7, 11) is 1.97. The fourth-order valence-electron chi connectivity index (χ4n) is 3.28. The number of nitrogens with zero attached hydrogens (tertiary/aromatic N) is 3. The second-order valence-electron chi connectivity index (χ2n) is 8.69. The van der Waals surface area contributed by atoms with Crippen LogP contribution in [0.15, 0.2) is 42.6 Å². The minimum atomic E-state index is -0.208. The third-order valence-corrected chi connectivity index (χ3v) is 5.03. The zero-order chi connectivity index (χ0) is 23.0. The van der Waals surface area contributed by atoms with E-state index in [2.05, 4.69) is 13.8 Å². The highest BCUT2D eigenvalue weighted by molar-refractivity contribution is 6.30. The molecule has 0 N–H and O–H groups in total. The highest BCUT2D eigenvalue weighted by Crippen LogP contribution is 2.16. The van der Waals surface area contributed by atoms with Gasteiger partial charge in [0.15, 0.2) is 6.61 Å². The third-order valence-electron chi connectivity index (χ3n) is 4.78. The number of aromatic nitrogens is 1. The SMILES string of the molecule is CC(C)CN(CC(=O)N(Cc1cccn1C)CC(C)C)C(=O)COc1ccc(Cl)cc1. The Bertz CT molecular complexity index is 846. The van der Waals surface area contributed by atoms with Crippen molar-refractivity contribution in [2.45, 2.75) is 34.2 Å². The number of carbonyl (C=O) groups is 2. The summed E-state index contributed by atoms with van der Waals surface area (Å²) in [6.45, 7) is 9.79. The van der Waals surface area contributed by atoms with Gasteiger partial charge in [-0.25, -0.2) is 0 Å². The van der Waals surface area contributed by atoms with Crippen molar-refractivity contribution < 1.29 is 14.3 Å². The molecule has 0 spiro atoms. The van der Waals surface area contributed by atoms with E-state index in [0.29, 0.717) is 36.3 Å². The first kappa shape index (κ1) is 24.8. The van der Waals surface area contributed by atoms with Gasteiger partial charge in [0.25, 0.3) is 5.91 Å². The molecule has 6 nitrogen and oxygen atoms in total. The van der Waals surface area contributed by atoms with Gasteiger partial charge in [-0.3, -0.25) is 9.59 Å². The molecule has 0 saturated heterocycles. The number of rotatable bonds is 11. The molecule has 0 aliphatic carbocycles. The van der Waals surface area contributed by atoms with E-state index in [4.69, 9.17) is 16.3 Å². The van der Waals surface area contributed by atoms with Crippen molar-refractivity contribution in [3.63, 3.8) is 0 Å². The van der Waals surface area contributed by atoms with Crippen LogP contribution in [0.25, 0.3) is 0 Å². The Hall–Kier alpha value is -2.47. The first-order chi connectivity index (χ1) is 14.7. The molecule has 1 aromatic carbocycles. The minimum absolute atomic E-state index is 0.0398. The number of aryl methyl sites for hydroxylation is 1. The zero-order valence-electron chi connectivity index (χ0n) is 19.2. The Kier molecular flexibility index (Phi) is 9.44. The van der Waals surface area contributed by atoms with Gasteiger partial charge in [0.05, 0.1) is 13.1 Å². The number of carbonyl (C=O) groups excluding carboxylic acids is 2. The molecule has 2 rings (SSSR count). The summed E-state index contributed by atoms with van der Waals surface area (Å²) in [5.41, 5.74) is 1.06. The van der Waals surface area contributed by atoms with Crippen molar-refractivity contribution in [2.24, 2.45) is 18.9 Å². The van der Waals surface area contributed by atoms with Gasteiger partial charge in [0.2, 0.25) is 5.91 Å². The molecule has 7 heteroatoms. The molecular weight excluding hydrogens is 414 g/mol. The van der Waals surface area contributed by atoms with E-state index in [1.807, 2.05) is 48.7 Å². The number of benzene rings is 1. The topological polar surface area (TPSA) is 54.8 Å². The van der Waals surface area contributed by atoms with Crippen molar-refractivity contribution >= 4 is 23.4 Å². The van der Waals surface area contributed by atoms with E-state index in [1.54, 1.807) is 29.2 Å². The van der Waals surface area contributed by atoms with E-state index in [-0.39, 0.29) is 30.9 Å². The molecule has 0 aliphatic rings. The Morgan fingerprint density at radius 3 is 2.13 bits per heavy atom. The normalized spacial score (nSPS) is 11.1. The van der Waals surface area contributed by atoms with Gasteiger partial charge in [-0.2, -0.15) is 0 Å². The summed E-state index contributed by atoms with van der Waals surface area (Å²) in [6.07, 6.45) is 1.97. The maximum Gasteiger partial charge on any atom is 0.260 e. The van der Waals surface area contributed by atoms with Gasteiger partial charge in [0.1, 0.15) is 5.75 Å². The molecule has 0 aliphatic heterocycles. The standard InChI is InChI=1S/C24H34ClN3O3/c1-18(2)13-27(15-21-7-6-12-26(21)5)23(29)16-28(14-19(3)4)24(30)17-31-22-10-8-20(25)9-11-22/h6-12,18-19H,13-17H2,1-5H3. The van der Waals surface area contributed by atoms with Crippen LogP contribution in [0.4, 0.5) is 0 Å². The van der Waals surface area contributed by atoms with E-state index in [9.17, 15) is 9.59 Å². The summed E-state index contributed by atoms with van der Waals surface area (Å²) >= 11 is 5.89.